The predicted molar refractivity (Wildman–Crippen MR) is 102 cm³/mol. The molecule has 6 nitrogen and oxygen atoms in total. The Kier molecular flexibility index (Phi) is 5.17. The Morgan fingerprint density at radius 2 is 1.85 bits per heavy atom. The first-order chi connectivity index (χ1) is 13.0. The van der Waals surface area contributed by atoms with E-state index in [0.29, 0.717) is 23.6 Å². The Hall–Kier alpha value is -3.67. The minimum Gasteiger partial charge on any atom is -0.490 e. The van der Waals surface area contributed by atoms with Gasteiger partial charge in [0.15, 0.2) is 0 Å². The van der Waals surface area contributed by atoms with Crippen LogP contribution in [-0.2, 0) is 9.59 Å². The Morgan fingerprint density at radius 1 is 1.11 bits per heavy atom. The molecule has 1 heterocycles. The molecule has 0 aromatic heterocycles. The Balaban J connectivity index is 1.91. The summed E-state index contributed by atoms with van der Waals surface area (Å²) in [6.07, 6.45) is 3.09. The van der Waals surface area contributed by atoms with Gasteiger partial charge in [-0.2, -0.15) is 0 Å². The van der Waals surface area contributed by atoms with Crippen LogP contribution in [0.3, 0.4) is 0 Å². The summed E-state index contributed by atoms with van der Waals surface area (Å²) in [4.78, 5) is 38.2. The van der Waals surface area contributed by atoms with Crippen LogP contribution in [0.25, 0.3) is 6.08 Å². The molecular weight excluding hydrogens is 344 g/mol. The van der Waals surface area contributed by atoms with Crippen molar-refractivity contribution in [3.05, 3.63) is 77.9 Å². The van der Waals surface area contributed by atoms with Gasteiger partial charge in [-0.15, -0.1) is 0 Å². The van der Waals surface area contributed by atoms with Gasteiger partial charge < -0.3 is 4.74 Å². The predicted octanol–water partition coefficient (Wildman–Crippen LogP) is 3.23. The molecule has 0 radical (unpaired) electrons. The minimum absolute atomic E-state index is 0.115. The topological polar surface area (TPSA) is 75.7 Å². The monoisotopic (exact) mass is 362 g/mol. The molecule has 6 heteroatoms. The van der Waals surface area contributed by atoms with Gasteiger partial charge in [0.2, 0.25) is 0 Å². The van der Waals surface area contributed by atoms with Crippen LogP contribution in [0.5, 0.6) is 5.75 Å². The zero-order chi connectivity index (χ0) is 19.4. The van der Waals surface area contributed by atoms with Crippen LogP contribution in [0.1, 0.15) is 11.1 Å². The summed E-state index contributed by atoms with van der Waals surface area (Å²) in [7, 11) is 0. The number of anilines is 1. The zero-order valence-electron chi connectivity index (χ0n) is 14.8. The van der Waals surface area contributed by atoms with Crippen molar-refractivity contribution in [3.8, 4) is 5.75 Å². The molecule has 4 amide bonds. The highest BCUT2D eigenvalue weighted by Gasteiger charge is 2.36. The number of hydrogen-bond acceptors (Lipinski definition) is 4. The number of nitrogens with one attached hydrogen (secondary N) is 1. The average molecular weight is 362 g/mol. The molecule has 2 aromatic carbocycles. The largest absolute Gasteiger partial charge is 0.490 e. The van der Waals surface area contributed by atoms with Gasteiger partial charge in [0.1, 0.15) is 17.9 Å². The molecule has 0 spiro atoms. The molecule has 3 rings (SSSR count). The average Bonchev–Trinajstić information content (AvgIpc) is 2.64. The molecule has 0 saturated carbocycles. The van der Waals surface area contributed by atoms with Crippen molar-refractivity contribution in [2.24, 2.45) is 0 Å². The standard InChI is InChI=1S/C21H18N2O4/c1-3-11-27-17-9-7-15(8-10-17)13-18-19(24)22-21(26)23(20(18)25)16-6-4-5-14(2)12-16/h3-10,12-13H,1,11H2,2H3,(H,22,24,26)/b18-13+. The van der Waals surface area contributed by atoms with Crippen LogP contribution in [0.4, 0.5) is 10.5 Å². The molecule has 1 N–H and O–H groups in total. The Morgan fingerprint density at radius 3 is 2.52 bits per heavy atom. The fourth-order valence-corrected chi connectivity index (χ4v) is 2.64. The van der Waals surface area contributed by atoms with Crippen molar-refractivity contribution >= 4 is 29.6 Å². The second-order valence-electron chi connectivity index (χ2n) is 5.97. The summed E-state index contributed by atoms with van der Waals surface area (Å²) in [6, 6.07) is 13.1. The number of carbonyl (C=O) groups excluding carboxylic acids is 3. The molecule has 0 aliphatic carbocycles. The lowest BCUT2D eigenvalue weighted by atomic mass is 10.1. The maximum atomic E-state index is 12.8. The number of hydrogen-bond donors (Lipinski definition) is 1. The van der Waals surface area contributed by atoms with Crippen LogP contribution in [0, 0.1) is 6.92 Å². The summed E-state index contributed by atoms with van der Waals surface area (Å²) >= 11 is 0. The second-order valence-corrected chi connectivity index (χ2v) is 5.97. The van der Waals surface area contributed by atoms with Crippen LogP contribution in [0.15, 0.2) is 66.8 Å². The fraction of sp³-hybridized carbons (Fsp3) is 0.0952. The quantitative estimate of drug-likeness (QED) is 0.503. The number of barbiturate groups is 1. The summed E-state index contributed by atoms with van der Waals surface area (Å²) in [5.74, 6) is -0.741. The molecule has 136 valence electrons. The molecule has 1 aliphatic heterocycles. The molecular formula is C21H18N2O4. The number of amides is 4. The summed E-state index contributed by atoms with van der Waals surface area (Å²) in [5, 5.41) is 2.21. The maximum Gasteiger partial charge on any atom is 0.335 e. The third kappa shape index (κ3) is 3.95. The SMILES string of the molecule is C=CCOc1ccc(/C=C2\C(=O)NC(=O)N(c3cccc(C)c3)C2=O)cc1. The fourth-order valence-electron chi connectivity index (χ4n) is 2.64. The molecule has 1 fully saturated rings. The Labute approximate surface area is 156 Å². The highest BCUT2D eigenvalue weighted by atomic mass is 16.5. The third-order valence-electron chi connectivity index (χ3n) is 3.92. The molecule has 0 unspecified atom stereocenters. The van der Waals surface area contributed by atoms with Crippen LogP contribution in [0.2, 0.25) is 0 Å². The smallest absolute Gasteiger partial charge is 0.335 e. The maximum absolute atomic E-state index is 12.8. The van der Waals surface area contributed by atoms with Gasteiger partial charge in [-0.05, 0) is 48.4 Å². The van der Waals surface area contributed by atoms with Crippen molar-refractivity contribution < 1.29 is 19.1 Å². The number of rotatable bonds is 5. The number of urea groups is 1. The van der Waals surface area contributed by atoms with Crippen molar-refractivity contribution in [3.63, 3.8) is 0 Å². The van der Waals surface area contributed by atoms with Gasteiger partial charge in [0.05, 0.1) is 5.69 Å². The number of imide groups is 2. The Bertz CT molecular complexity index is 945. The second kappa shape index (κ2) is 7.70. The van der Waals surface area contributed by atoms with E-state index >= 15 is 0 Å². The first-order valence-corrected chi connectivity index (χ1v) is 8.31. The first kappa shape index (κ1) is 18.1. The van der Waals surface area contributed by atoms with E-state index in [1.54, 1.807) is 48.5 Å². The van der Waals surface area contributed by atoms with E-state index in [1.165, 1.54) is 6.08 Å². The van der Waals surface area contributed by atoms with E-state index in [9.17, 15) is 14.4 Å². The lowest BCUT2D eigenvalue weighted by Gasteiger charge is -2.26. The third-order valence-corrected chi connectivity index (χ3v) is 3.92. The van der Waals surface area contributed by atoms with E-state index < -0.39 is 17.8 Å². The molecule has 0 bridgehead atoms. The normalized spacial score (nSPS) is 15.7. The van der Waals surface area contributed by atoms with E-state index in [-0.39, 0.29) is 5.57 Å². The number of ether oxygens (including phenoxy) is 1. The number of nitrogens with zero attached hydrogens (tertiary/aromatic N) is 1. The van der Waals surface area contributed by atoms with Gasteiger partial charge in [-0.3, -0.25) is 14.9 Å². The van der Waals surface area contributed by atoms with Crippen molar-refractivity contribution in [1.82, 2.24) is 5.32 Å². The molecule has 2 aromatic rings. The lowest BCUT2D eigenvalue weighted by Crippen LogP contribution is -2.54. The van der Waals surface area contributed by atoms with Crippen molar-refractivity contribution in [2.45, 2.75) is 6.92 Å². The van der Waals surface area contributed by atoms with Gasteiger partial charge in [0, 0.05) is 0 Å². The first-order valence-electron chi connectivity index (χ1n) is 8.31. The molecule has 1 aliphatic rings. The summed E-state index contributed by atoms with van der Waals surface area (Å²) < 4.78 is 5.40. The van der Waals surface area contributed by atoms with Gasteiger partial charge >= 0.3 is 6.03 Å². The van der Waals surface area contributed by atoms with Crippen molar-refractivity contribution in [2.75, 3.05) is 11.5 Å². The number of benzene rings is 2. The molecule has 27 heavy (non-hydrogen) atoms. The van der Waals surface area contributed by atoms with Gasteiger partial charge in [-0.25, -0.2) is 9.69 Å². The molecule has 0 atom stereocenters. The van der Waals surface area contributed by atoms with Crippen LogP contribution >= 0.6 is 0 Å². The summed E-state index contributed by atoms with van der Waals surface area (Å²) in [6.45, 7) is 5.82. The van der Waals surface area contributed by atoms with E-state index in [0.717, 1.165) is 10.5 Å². The number of carbonyl (C=O) groups is 3. The highest BCUT2D eigenvalue weighted by Crippen LogP contribution is 2.23. The lowest BCUT2D eigenvalue weighted by molar-refractivity contribution is -0.122. The van der Waals surface area contributed by atoms with E-state index in [4.69, 9.17) is 4.74 Å². The molecule has 1 saturated heterocycles. The summed E-state index contributed by atoms with van der Waals surface area (Å²) in [5.41, 5.74) is 1.82. The van der Waals surface area contributed by atoms with Crippen LogP contribution < -0.4 is 15.0 Å². The highest BCUT2D eigenvalue weighted by molar-refractivity contribution is 6.39. The van der Waals surface area contributed by atoms with Crippen LogP contribution in [-0.4, -0.2) is 24.5 Å². The van der Waals surface area contributed by atoms with E-state index in [1.807, 2.05) is 13.0 Å². The van der Waals surface area contributed by atoms with E-state index in [2.05, 4.69) is 11.9 Å². The minimum atomic E-state index is -0.763. The van der Waals surface area contributed by atoms with Crippen molar-refractivity contribution in [1.29, 1.82) is 0 Å². The zero-order valence-corrected chi connectivity index (χ0v) is 14.8. The van der Waals surface area contributed by atoms with Gasteiger partial charge in [-0.1, -0.05) is 36.9 Å². The van der Waals surface area contributed by atoms with Gasteiger partial charge in [0.25, 0.3) is 11.8 Å². The number of aryl methyl sites for hydroxylation is 1.